The molecule has 0 aromatic heterocycles. The average molecular weight is 167 g/mol. The summed E-state index contributed by atoms with van der Waals surface area (Å²) in [5.74, 6) is 0. The Bertz CT molecular complexity index is 174. The zero-order chi connectivity index (χ0) is 9.19. The highest BCUT2D eigenvalue weighted by Crippen LogP contribution is 2.39. The van der Waals surface area contributed by atoms with E-state index in [1.54, 1.807) is 0 Å². The SMILES string of the molecule is C=C1CN2CCCC2(C)C1.CC. The molecule has 0 aliphatic carbocycles. The van der Waals surface area contributed by atoms with Crippen molar-refractivity contribution < 1.29 is 0 Å². The van der Waals surface area contributed by atoms with Crippen LogP contribution in [-0.4, -0.2) is 23.5 Å². The lowest BCUT2D eigenvalue weighted by Crippen LogP contribution is -2.34. The number of fused-ring (bicyclic) bond motifs is 1. The Labute approximate surface area is 76.5 Å². The quantitative estimate of drug-likeness (QED) is 0.501. The van der Waals surface area contributed by atoms with E-state index in [2.05, 4.69) is 18.4 Å². The van der Waals surface area contributed by atoms with Crippen LogP contribution in [0.1, 0.15) is 40.0 Å². The molecule has 2 fully saturated rings. The van der Waals surface area contributed by atoms with E-state index in [0.29, 0.717) is 5.54 Å². The van der Waals surface area contributed by atoms with Crippen LogP contribution < -0.4 is 0 Å². The molecule has 0 bridgehead atoms. The molecule has 2 aliphatic heterocycles. The topological polar surface area (TPSA) is 3.24 Å². The molecule has 1 atom stereocenters. The van der Waals surface area contributed by atoms with E-state index in [4.69, 9.17) is 0 Å². The van der Waals surface area contributed by atoms with Crippen molar-refractivity contribution in [2.24, 2.45) is 0 Å². The molecule has 2 rings (SSSR count). The molecule has 0 spiro atoms. The summed E-state index contributed by atoms with van der Waals surface area (Å²) in [7, 11) is 0. The van der Waals surface area contributed by atoms with Gasteiger partial charge in [-0.3, -0.25) is 4.90 Å². The monoisotopic (exact) mass is 167 g/mol. The van der Waals surface area contributed by atoms with Crippen LogP contribution in [0, 0.1) is 0 Å². The number of hydrogen-bond donors (Lipinski definition) is 0. The lowest BCUT2D eigenvalue weighted by molar-refractivity contribution is 0.218. The molecule has 0 N–H and O–H groups in total. The fourth-order valence-electron chi connectivity index (χ4n) is 2.41. The van der Waals surface area contributed by atoms with Gasteiger partial charge in [-0.05, 0) is 32.7 Å². The zero-order valence-electron chi connectivity index (χ0n) is 8.69. The Morgan fingerprint density at radius 2 is 2.08 bits per heavy atom. The minimum atomic E-state index is 0.511. The maximum Gasteiger partial charge on any atom is 0.0222 e. The van der Waals surface area contributed by atoms with E-state index < -0.39 is 0 Å². The van der Waals surface area contributed by atoms with E-state index in [9.17, 15) is 0 Å². The molecule has 1 heteroatoms. The van der Waals surface area contributed by atoms with Crippen molar-refractivity contribution >= 4 is 0 Å². The van der Waals surface area contributed by atoms with Crippen molar-refractivity contribution in [1.29, 1.82) is 0 Å². The van der Waals surface area contributed by atoms with E-state index in [-0.39, 0.29) is 0 Å². The summed E-state index contributed by atoms with van der Waals surface area (Å²) in [5, 5.41) is 0. The molecular weight excluding hydrogens is 146 g/mol. The highest BCUT2D eigenvalue weighted by atomic mass is 15.2. The maximum absolute atomic E-state index is 4.04. The van der Waals surface area contributed by atoms with Gasteiger partial charge in [0.25, 0.3) is 0 Å². The Kier molecular flexibility index (Phi) is 2.94. The van der Waals surface area contributed by atoms with E-state index in [1.165, 1.54) is 31.4 Å². The molecule has 0 amide bonds. The van der Waals surface area contributed by atoms with Gasteiger partial charge in [-0.1, -0.05) is 26.0 Å². The van der Waals surface area contributed by atoms with Crippen LogP contribution in [0.25, 0.3) is 0 Å². The molecule has 2 heterocycles. The first kappa shape index (κ1) is 9.79. The lowest BCUT2D eigenvalue weighted by atomic mass is 9.96. The first-order chi connectivity index (χ1) is 5.71. The summed E-state index contributed by atoms with van der Waals surface area (Å²) in [4.78, 5) is 2.58. The fraction of sp³-hybridized carbons (Fsp3) is 0.818. The summed E-state index contributed by atoms with van der Waals surface area (Å²) in [6.07, 6.45) is 4.02. The third-order valence-electron chi connectivity index (χ3n) is 2.95. The van der Waals surface area contributed by atoms with Crippen molar-refractivity contribution in [3.05, 3.63) is 12.2 Å². The van der Waals surface area contributed by atoms with E-state index in [1.807, 2.05) is 13.8 Å². The van der Waals surface area contributed by atoms with Gasteiger partial charge in [0, 0.05) is 12.1 Å². The van der Waals surface area contributed by atoms with Crippen molar-refractivity contribution in [2.75, 3.05) is 13.1 Å². The summed E-state index contributed by atoms with van der Waals surface area (Å²) in [6, 6.07) is 0. The molecule has 0 radical (unpaired) electrons. The number of rotatable bonds is 0. The maximum atomic E-state index is 4.04. The molecule has 0 saturated carbocycles. The standard InChI is InChI=1S/C9H15N.C2H6/c1-8-6-9(2)4-3-5-10(9)7-8;1-2/h1,3-7H2,2H3;1-2H3. The normalized spacial score (nSPS) is 34.4. The van der Waals surface area contributed by atoms with Crippen LogP contribution in [0.4, 0.5) is 0 Å². The second kappa shape index (κ2) is 3.61. The minimum absolute atomic E-state index is 0.511. The Balaban J connectivity index is 0.000000336. The Hall–Kier alpha value is -0.300. The van der Waals surface area contributed by atoms with Gasteiger partial charge in [-0.2, -0.15) is 0 Å². The summed E-state index contributed by atoms with van der Waals surface area (Å²) in [5.41, 5.74) is 1.94. The summed E-state index contributed by atoms with van der Waals surface area (Å²) in [6.45, 7) is 12.9. The number of nitrogens with zero attached hydrogens (tertiary/aromatic N) is 1. The molecule has 0 aromatic carbocycles. The van der Waals surface area contributed by atoms with Gasteiger partial charge in [-0.25, -0.2) is 0 Å². The lowest BCUT2D eigenvalue weighted by Gasteiger charge is -2.25. The molecule has 2 saturated heterocycles. The highest BCUT2D eigenvalue weighted by Gasteiger charge is 2.41. The van der Waals surface area contributed by atoms with E-state index >= 15 is 0 Å². The van der Waals surface area contributed by atoms with Gasteiger partial charge < -0.3 is 0 Å². The van der Waals surface area contributed by atoms with Gasteiger partial charge in [0.2, 0.25) is 0 Å². The minimum Gasteiger partial charge on any atom is -0.294 e. The van der Waals surface area contributed by atoms with Crippen molar-refractivity contribution in [2.45, 2.75) is 45.6 Å². The highest BCUT2D eigenvalue weighted by molar-refractivity contribution is 5.15. The predicted octanol–water partition coefficient (Wildman–Crippen LogP) is 2.83. The van der Waals surface area contributed by atoms with Gasteiger partial charge in [0.15, 0.2) is 0 Å². The predicted molar refractivity (Wildman–Crippen MR) is 54.3 cm³/mol. The Morgan fingerprint density at radius 1 is 1.42 bits per heavy atom. The van der Waals surface area contributed by atoms with Gasteiger partial charge in [0.05, 0.1) is 0 Å². The first-order valence-corrected chi connectivity index (χ1v) is 5.12. The average Bonchev–Trinajstić information content (AvgIpc) is 2.46. The van der Waals surface area contributed by atoms with Crippen LogP contribution in [0.5, 0.6) is 0 Å². The largest absolute Gasteiger partial charge is 0.294 e. The first-order valence-electron chi connectivity index (χ1n) is 5.12. The summed E-state index contributed by atoms with van der Waals surface area (Å²) >= 11 is 0. The molecule has 2 aliphatic rings. The smallest absolute Gasteiger partial charge is 0.0222 e. The van der Waals surface area contributed by atoms with Gasteiger partial charge in [0.1, 0.15) is 0 Å². The second-order valence-corrected chi connectivity index (χ2v) is 3.95. The van der Waals surface area contributed by atoms with Crippen molar-refractivity contribution in [1.82, 2.24) is 4.90 Å². The van der Waals surface area contributed by atoms with Crippen molar-refractivity contribution in [3.63, 3.8) is 0 Å². The Morgan fingerprint density at radius 3 is 2.67 bits per heavy atom. The van der Waals surface area contributed by atoms with Crippen LogP contribution >= 0.6 is 0 Å². The second-order valence-electron chi connectivity index (χ2n) is 3.95. The zero-order valence-corrected chi connectivity index (χ0v) is 8.69. The third-order valence-corrected chi connectivity index (χ3v) is 2.95. The molecule has 1 nitrogen and oxygen atoms in total. The van der Waals surface area contributed by atoms with Crippen LogP contribution in [0.15, 0.2) is 12.2 Å². The van der Waals surface area contributed by atoms with Gasteiger partial charge >= 0.3 is 0 Å². The molecule has 70 valence electrons. The third kappa shape index (κ3) is 1.56. The van der Waals surface area contributed by atoms with Crippen LogP contribution in [0.3, 0.4) is 0 Å². The molecule has 0 aromatic rings. The molecule has 12 heavy (non-hydrogen) atoms. The van der Waals surface area contributed by atoms with Crippen LogP contribution in [-0.2, 0) is 0 Å². The summed E-state index contributed by atoms with van der Waals surface area (Å²) < 4.78 is 0. The van der Waals surface area contributed by atoms with Crippen LogP contribution in [0.2, 0.25) is 0 Å². The molecule has 1 unspecified atom stereocenters. The van der Waals surface area contributed by atoms with Gasteiger partial charge in [-0.15, -0.1) is 0 Å². The fourth-order valence-corrected chi connectivity index (χ4v) is 2.41. The van der Waals surface area contributed by atoms with Crippen molar-refractivity contribution in [3.8, 4) is 0 Å². The number of hydrogen-bond acceptors (Lipinski definition) is 1. The molecular formula is C11H21N. The van der Waals surface area contributed by atoms with E-state index in [0.717, 1.165) is 6.54 Å².